The van der Waals surface area contributed by atoms with Gasteiger partial charge in [-0.1, -0.05) is 235 Å². The van der Waals surface area contributed by atoms with Gasteiger partial charge < -0.3 is 0 Å². The molecule has 0 spiro atoms. The Morgan fingerprint density at radius 1 is 0.202 bits per heavy atom. The van der Waals surface area contributed by atoms with Crippen LogP contribution in [0, 0.1) is 148 Å². The van der Waals surface area contributed by atoms with E-state index in [9.17, 15) is 52.7 Å². The fourth-order valence-corrected chi connectivity index (χ4v) is 24.3. The second kappa shape index (κ2) is 46.3. The fraction of sp³-hybridized carbons (Fsp3) is 0.571. The van der Waals surface area contributed by atoms with E-state index >= 15 is 0 Å². The molecule has 672 valence electrons. The highest BCUT2D eigenvalue weighted by Crippen LogP contribution is 2.51. The molecule has 12 heteroatoms. The van der Waals surface area contributed by atoms with Crippen molar-refractivity contribution in [3.05, 3.63) is 237 Å². The predicted molar refractivity (Wildman–Crippen MR) is 486 cm³/mol. The van der Waals surface area contributed by atoms with Crippen LogP contribution in [0.3, 0.4) is 0 Å². The number of rotatable bonds is 23. The minimum Gasteiger partial charge on any atom is -0.207 e. The van der Waals surface area contributed by atoms with Crippen LogP contribution >= 0.6 is 0 Å². The molecule has 0 radical (unpaired) electrons. The molecule has 0 atom stereocenters. The number of hydrogen-bond acceptors (Lipinski definition) is 0. The summed E-state index contributed by atoms with van der Waals surface area (Å²) in [6, 6.07) is 38.1. The van der Waals surface area contributed by atoms with Crippen molar-refractivity contribution in [2.45, 2.75) is 334 Å². The molecule has 8 aliphatic carbocycles. The third-order valence-electron chi connectivity index (χ3n) is 32.0. The van der Waals surface area contributed by atoms with Crippen LogP contribution in [0.25, 0.3) is 44.5 Å². The first kappa shape index (κ1) is 94.5. The Kier molecular flexibility index (Phi) is 35.3. The summed E-state index contributed by atoms with van der Waals surface area (Å²) in [5.41, 5.74) is 8.86. The minimum atomic E-state index is -1.53. The second-order valence-corrected chi connectivity index (χ2v) is 39.7. The number of hydrogen-bond donors (Lipinski definition) is 0. The Morgan fingerprint density at radius 3 is 0.702 bits per heavy atom. The Hall–Kier alpha value is -7.08. The lowest BCUT2D eigenvalue weighted by molar-refractivity contribution is 0.155. The molecule has 0 unspecified atom stereocenters. The van der Waals surface area contributed by atoms with Crippen molar-refractivity contribution in [1.29, 1.82) is 0 Å². The second-order valence-electron chi connectivity index (χ2n) is 39.7. The van der Waals surface area contributed by atoms with E-state index in [0.29, 0.717) is 45.9 Å². The lowest BCUT2D eigenvalue weighted by Gasteiger charge is -2.38. The maximum absolute atomic E-state index is 14.8. The molecule has 8 aliphatic rings. The maximum Gasteiger partial charge on any atom is 0.194 e. The van der Waals surface area contributed by atoms with Gasteiger partial charge in [0.25, 0.3) is 0 Å². The molecular weight excluding hydrogens is 1570 g/mol. The van der Waals surface area contributed by atoms with Crippen molar-refractivity contribution in [1.82, 2.24) is 0 Å². The van der Waals surface area contributed by atoms with Gasteiger partial charge in [-0.25, -0.2) is 52.7 Å². The highest BCUT2D eigenvalue weighted by atomic mass is 19.2. The molecule has 0 aliphatic heterocycles. The van der Waals surface area contributed by atoms with Crippen LogP contribution < -0.4 is 0 Å². The van der Waals surface area contributed by atoms with Gasteiger partial charge in [-0.05, 0) is 372 Å². The van der Waals surface area contributed by atoms with Gasteiger partial charge in [-0.3, -0.25) is 0 Å². The predicted octanol–water partition coefficient (Wildman–Crippen LogP) is 36.1. The summed E-state index contributed by atoms with van der Waals surface area (Å²) < 4.78 is 164. The Bertz CT molecular complexity index is 4490. The molecule has 0 heterocycles. The summed E-state index contributed by atoms with van der Waals surface area (Å²) >= 11 is 0. The van der Waals surface area contributed by atoms with Crippen LogP contribution in [-0.4, -0.2) is 0 Å². The monoisotopic (exact) mass is 1710 g/mol. The summed E-state index contributed by atoms with van der Waals surface area (Å²) in [4.78, 5) is 0. The molecule has 8 fully saturated rings. The van der Waals surface area contributed by atoms with E-state index < -0.39 is 69.8 Å². The summed E-state index contributed by atoms with van der Waals surface area (Å²) in [5, 5.41) is 0. The largest absolute Gasteiger partial charge is 0.207 e. The molecule has 16 rings (SSSR count). The molecule has 0 bridgehead atoms. The molecule has 8 saturated carbocycles. The first-order valence-corrected chi connectivity index (χ1v) is 49.1. The molecular formula is C112H140F12. The average molecular weight is 1710 g/mol. The molecule has 124 heavy (non-hydrogen) atoms. The Balaban J connectivity index is 0.000000142. The Labute approximate surface area is 735 Å². The molecule has 8 aromatic rings. The fourth-order valence-electron chi connectivity index (χ4n) is 24.3. The smallest absolute Gasteiger partial charge is 0.194 e. The lowest BCUT2D eigenvalue weighted by atomic mass is 9.68. The van der Waals surface area contributed by atoms with Crippen molar-refractivity contribution >= 4 is 0 Å². The summed E-state index contributed by atoms with van der Waals surface area (Å²) in [5.74, 6) is 0.234. The first-order chi connectivity index (χ1) is 60.1. The quantitative estimate of drug-likeness (QED) is 0.0340. The van der Waals surface area contributed by atoms with E-state index in [1.54, 1.807) is 6.07 Å². The van der Waals surface area contributed by atoms with Crippen LogP contribution in [0.5, 0.6) is 0 Å². The van der Waals surface area contributed by atoms with Gasteiger partial charge in [-0.15, -0.1) is 0 Å². The third-order valence-corrected chi connectivity index (χ3v) is 32.0. The standard InChI is InChI=1S/C30H40F2.C28H35F3.C27H32F4.C27H33F3/c1-3-4-5-6-22-7-9-23(10-8-22)24-11-13-25(14-12-24)26-15-17-27(18-16-26)28-19-29(31)21(2)30(32)20-28;1-2-3-4-19-5-7-20(8-6-19)21-9-11-22(12-10-21)23-13-15-24(16-14-23)25-17-26(29)28(31)27(30)18-25;1-2-3-17-4-6-18(7-5-17)19-8-10-20(11-9-19)21-12-13-23(24(28)14-21)22-15-25(29)27(31)26(30)16-22;1-2-3-18-4-6-19(7-5-18)20-8-10-21(11-9-20)22-12-14-23(15-13-22)24-16-25(28)27(30)26(29)17-24/h15-20,22-25H,3-14H2,1-2H3;13-22H,2-12H2,1H3;12-20H,2-11H2,1H3;12-21H,2-11H2,1H3. The normalized spacial score (nSPS) is 26.7. The average Bonchev–Trinajstić information content (AvgIpc) is 0.813. The SMILES string of the molecule is CCCC1CCC(C2CCC(c3ccc(-c4cc(F)c(F)c(F)c4)c(F)c3)CC2)CC1.CCCC1CCC(C2CCC(c3ccc(-c4cc(F)c(F)c(F)c4)cc3)CC2)CC1.CCCCC1CCC(C2CCC(c3ccc(-c4cc(F)c(F)c(F)c4)cc3)CC2)CC1.CCCCCC1CCC(C2CCC(c3ccc(-c4cc(F)c(C)c(F)c4)cc3)CC2)CC1. The van der Waals surface area contributed by atoms with Crippen LogP contribution in [0.2, 0.25) is 0 Å². The molecule has 0 nitrogen and oxygen atoms in total. The highest BCUT2D eigenvalue weighted by molar-refractivity contribution is 5.67. The van der Waals surface area contributed by atoms with E-state index in [4.69, 9.17) is 0 Å². The third kappa shape index (κ3) is 25.3. The zero-order valence-corrected chi connectivity index (χ0v) is 75.0. The molecule has 0 N–H and O–H groups in total. The van der Waals surface area contributed by atoms with Crippen molar-refractivity contribution < 1.29 is 52.7 Å². The van der Waals surface area contributed by atoms with Gasteiger partial charge in [0, 0.05) is 11.1 Å². The number of benzene rings is 8. The lowest BCUT2D eigenvalue weighted by Crippen LogP contribution is -2.25. The van der Waals surface area contributed by atoms with E-state index in [2.05, 4.69) is 64.1 Å². The van der Waals surface area contributed by atoms with Crippen molar-refractivity contribution in [3.63, 3.8) is 0 Å². The molecule has 8 aromatic carbocycles. The highest BCUT2D eigenvalue weighted by Gasteiger charge is 2.37. The van der Waals surface area contributed by atoms with E-state index in [1.807, 2.05) is 42.5 Å². The molecule has 0 amide bonds. The zero-order valence-electron chi connectivity index (χ0n) is 75.0. The Morgan fingerprint density at radius 2 is 0.435 bits per heavy atom. The van der Waals surface area contributed by atoms with Crippen LogP contribution in [-0.2, 0) is 0 Å². The van der Waals surface area contributed by atoms with Gasteiger partial charge in [0.1, 0.15) is 17.5 Å². The van der Waals surface area contributed by atoms with E-state index in [-0.39, 0.29) is 16.7 Å². The summed E-state index contributed by atoms with van der Waals surface area (Å²) in [6.07, 6.45) is 58.1. The van der Waals surface area contributed by atoms with Crippen molar-refractivity contribution in [3.8, 4) is 44.5 Å². The van der Waals surface area contributed by atoms with Gasteiger partial charge >= 0.3 is 0 Å². The summed E-state index contributed by atoms with van der Waals surface area (Å²) in [7, 11) is 0. The number of halogens is 12. The van der Waals surface area contributed by atoms with Gasteiger partial charge in [0.05, 0.1) is 0 Å². The first-order valence-electron chi connectivity index (χ1n) is 49.1. The van der Waals surface area contributed by atoms with Gasteiger partial charge in [0.15, 0.2) is 52.4 Å². The molecule has 0 aromatic heterocycles. The summed E-state index contributed by atoms with van der Waals surface area (Å²) in [6.45, 7) is 10.6. The zero-order chi connectivity index (χ0) is 87.3. The van der Waals surface area contributed by atoms with Gasteiger partial charge in [-0.2, -0.15) is 0 Å². The van der Waals surface area contributed by atoms with Crippen molar-refractivity contribution in [2.75, 3.05) is 0 Å². The number of unbranched alkanes of at least 4 members (excludes halogenated alkanes) is 3. The van der Waals surface area contributed by atoms with Crippen LogP contribution in [0.15, 0.2) is 140 Å². The van der Waals surface area contributed by atoms with Gasteiger partial charge in [0.2, 0.25) is 0 Å². The van der Waals surface area contributed by atoms with Crippen molar-refractivity contribution in [2.24, 2.45) is 71.0 Å². The van der Waals surface area contributed by atoms with Crippen LogP contribution in [0.4, 0.5) is 52.7 Å². The van der Waals surface area contributed by atoms with E-state index in [1.165, 1.54) is 305 Å². The maximum atomic E-state index is 14.8. The van der Waals surface area contributed by atoms with E-state index in [0.717, 1.165) is 137 Å². The minimum absolute atomic E-state index is 0.0165. The molecule has 0 saturated heterocycles. The topological polar surface area (TPSA) is 0 Å². The van der Waals surface area contributed by atoms with Crippen LogP contribution in [0.1, 0.15) is 355 Å².